The summed E-state index contributed by atoms with van der Waals surface area (Å²) in [5, 5.41) is 7.54. The number of rotatable bonds is 5. The monoisotopic (exact) mass is 166 g/mol. The van der Waals surface area contributed by atoms with Crippen LogP contribution in [0.3, 0.4) is 0 Å². The minimum atomic E-state index is -0.960. The molecule has 0 amide bonds. The molecule has 3 nitrogen and oxygen atoms in total. The summed E-state index contributed by atoms with van der Waals surface area (Å²) in [6.45, 7) is 0.566. The Balaban J connectivity index is 3.21. The third-order valence-electron chi connectivity index (χ3n) is 1.07. The second-order valence-corrected chi connectivity index (χ2v) is 2.47. The topological polar surface area (TPSA) is 46.5 Å². The van der Waals surface area contributed by atoms with Crippen molar-refractivity contribution in [2.45, 2.75) is 18.2 Å². The Morgan fingerprint density at radius 2 is 2.40 bits per heavy atom. The minimum absolute atomic E-state index is 0.463. The van der Waals surface area contributed by atoms with Crippen LogP contribution in [-0.2, 0) is 9.53 Å². The maximum atomic E-state index is 10.1. The first-order valence-corrected chi connectivity index (χ1v) is 3.48. The number of carboxylic acids is 1. The predicted molar refractivity (Wildman–Crippen MR) is 38.4 cm³/mol. The molecule has 4 heteroatoms. The maximum Gasteiger partial charge on any atom is 0.321 e. The van der Waals surface area contributed by atoms with Crippen LogP contribution in [0.25, 0.3) is 0 Å². The zero-order chi connectivity index (χ0) is 7.98. The van der Waals surface area contributed by atoms with Crippen molar-refractivity contribution in [1.29, 1.82) is 0 Å². The first-order chi connectivity index (χ1) is 4.68. The highest BCUT2D eigenvalue weighted by Crippen LogP contribution is 2.04. The molecule has 1 N–H and O–H groups in total. The van der Waals surface area contributed by atoms with Crippen molar-refractivity contribution in [3.63, 3.8) is 0 Å². The summed E-state index contributed by atoms with van der Waals surface area (Å²) in [5.74, 6) is -0.960. The van der Waals surface area contributed by atoms with Crippen LogP contribution in [-0.4, -0.2) is 30.2 Å². The Morgan fingerprint density at radius 1 is 1.80 bits per heavy atom. The van der Waals surface area contributed by atoms with Gasteiger partial charge in [0.2, 0.25) is 0 Å². The van der Waals surface area contributed by atoms with Crippen LogP contribution >= 0.6 is 11.6 Å². The molecule has 0 aromatic rings. The van der Waals surface area contributed by atoms with Crippen molar-refractivity contribution in [2.75, 3.05) is 13.7 Å². The fourth-order valence-corrected chi connectivity index (χ4v) is 0.685. The fourth-order valence-electron chi connectivity index (χ4n) is 0.530. The minimum Gasteiger partial charge on any atom is -0.480 e. The first kappa shape index (κ1) is 9.72. The van der Waals surface area contributed by atoms with Gasteiger partial charge in [0, 0.05) is 13.7 Å². The van der Waals surface area contributed by atoms with Crippen molar-refractivity contribution >= 4 is 17.6 Å². The highest BCUT2D eigenvalue weighted by Gasteiger charge is 2.11. The van der Waals surface area contributed by atoms with Crippen LogP contribution in [0.1, 0.15) is 12.8 Å². The van der Waals surface area contributed by atoms with E-state index in [4.69, 9.17) is 21.4 Å². The van der Waals surface area contributed by atoms with Crippen molar-refractivity contribution in [1.82, 2.24) is 0 Å². The molecule has 0 saturated heterocycles. The lowest BCUT2D eigenvalue weighted by molar-refractivity contribution is -0.136. The van der Waals surface area contributed by atoms with E-state index >= 15 is 0 Å². The van der Waals surface area contributed by atoms with Gasteiger partial charge in [-0.15, -0.1) is 11.6 Å². The highest BCUT2D eigenvalue weighted by atomic mass is 35.5. The lowest BCUT2D eigenvalue weighted by atomic mass is 10.2. The van der Waals surface area contributed by atoms with Crippen molar-refractivity contribution < 1.29 is 14.6 Å². The van der Waals surface area contributed by atoms with Crippen LogP contribution in [0.5, 0.6) is 0 Å². The van der Waals surface area contributed by atoms with Crippen molar-refractivity contribution in [3.8, 4) is 0 Å². The van der Waals surface area contributed by atoms with E-state index in [0.29, 0.717) is 19.4 Å². The smallest absolute Gasteiger partial charge is 0.321 e. The molecule has 10 heavy (non-hydrogen) atoms. The Labute approximate surface area is 64.9 Å². The van der Waals surface area contributed by atoms with Crippen LogP contribution < -0.4 is 0 Å². The average molecular weight is 167 g/mol. The summed E-state index contributed by atoms with van der Waals surface area (Å²) in [6.07, 6.45) is 1.15. The van der Waals surface area contributed by atoms with E-state index in [0.717, 1.165) is 0 Å². The summed E-state index contributed by atoms with van der Waals surface area (Å²) < 4.78 is 4.72. The predicted octanol–water partition coefficient (Wildman–Crippen LogP) is 1.10. The molecule has 0 rings (SSSR count). The van der Waals surface area contributed by atoms with E-state index in [-0.39, 0.29) is 0 Å². The number of halogens is 1. The van der Waals surface area contributed by atoms with E-state index in [1.54, 1.807) is 7.11 Å². The fraction of sp³-hybridized carbons (Fsp3) is 0.833. The molecule has 0 aliphatic heterocycles. The van der Waals surface area contributed by atoms with Gasteiger partial charge in [0.15, 0.2) is 0 Å². The largest absolute Gasteiger partial charge is 0.480 e. The average Bonchev–Trinajstić information content (AvgIpc) is 1.88. The second-order valence-electron chi connectivity index (χ2n) is 1.94. The molecule has 0 saturated carbocycles. The zero-order valence-electron chi connectivity index (χ0n) is 5.84. The van der Waals surface area contributed by atoms with Gasteiger partial charge in [-0.05, 0) is 12.8 Å². The first-order valence-electron chi connectivity index (χ1n) is 3.04. The van der Waals surface area contributed by atoms with Crippen molar-refractivity contribution in [2.24, 2.45) is 0 Å². The van der Waals surface area contributed by atoms with Crippen molar-refractivity contribution in [3.05, 3.63) is 0 Å². The lowest BCUT2D eigenvalue weighted by Crippen LogP contribution is -2.13. The van der Waals surface area contributed by atoms with E-state index in [1.807, 2.05) is 0 Å². The molecule has 0 aliphatic rings. The van der Waals surface area contributed by atoms with Gasteiger partial charge >= 0.3 is 5.97 Å². The van der Waals surface area contributed by atoms with Crippen LogP contribution in [0.15, 0.2) is 0 Å². The molecule has 0 fully saturated rings. The number of carboxylic acid groups (broad SMARTS) is 1. The number of alkyl halides is 1. The summed E-state index contributed by atoms with van der Waals surface area (Å²) in [6, 6.07) is 0. The molecule has 0 heterocycles. The number of ether oxygens (including phenoxy) is 1. The summed E-state index contributed by atoms with van der Waals surface area (Å²) in [4.78, 5) is 10.1. The third-order valence-corrected chi connectivity index (χ3v) is 1.48. The Kier molecular flexibility index (Phi) is 5.35. The lowest BCUT2D eigenvalue weighted by Gasteiger charge is -2.01. The van der Waals surface area contributed by atoms with Crippen LogP contribution in [0.4, 0.5) is 0 Å². The number of carbonyl (C=O) groups is 1. The molecular formula is C6H11ClO3. The Bertz CT molecular complexity index is 105. The molecule has 0 aromatic heterocycles. The highest BCUT2D eigenvalue weighted by molar-refractivity contribution is 6.29. The molecule has 0 spiro atoms. The number of aliphatic carboxylic acids is 1. The van der Waals surface area contributed by atoms with Crippen LogP contribution in [0, 0.1) is 0 Å². The van der Waals surface area contributed by atoms with E-state index in [1.165, 1.54) is 0 Å². The summed E-state index contributed by atoms with van der Waals surface area (Å²) in [5.41, 5.74) is 0. The van der Waals surface area contributed by atoms with Gasteiger partial charge < -0.3 is 9.84 Å². The van der Waals surface area contributed by atoms with Gasteiger partial charge in [0.05, 0.1) is 0 Å². The van der Waals surface area contributed by atoms with E-state index in [2.05, 4.69) is 0 Å². The van der Waals surface area contributed by atoms with E-state index < -0.39 is 11.3 Å². The zero-order valence-corrected chi connectivity index (χ0v) is 6.60. The normalized spacial score (nSPS) is 13.0. The maximum absolute atomic E-state index is 10.1. The summed E-state index contributed by atoms with van der Waals surface area (Å²) >= 11 is 5.40. The quantitative estimate of drug-likeness (QED) is 0.492. The molecular weight excluding hydrogens is 156 g/mol. The SMILES string of the molecule is COCCCC(Cl)C(=O)O. The molecule has 0 aromatic carbocycles. The number of methoxy groups -OCH3 is 1. The molecule has 0 radical (unpaired) electrons. The van der Waals surface area contributed by atoms with Gasteiger partial charge in [-0.3, -0.25) is 4.79 Å². The summed E-state index contributed by atoms with van der Waals surface area (Å²) in [7, 11) is 1.57. The molecule has 0 aliphatic carbocycles. The molecule has 0 bridgehead atoms. The van der Waals surface area contributed by atoms with Crippen LogP contribution in [0.2, 0.25) is 0 Å². The van der Waals surface area contributed by atoms with E-state index in [9.17, 15) is 4.79 Å². The second kappa shape index (κ2) is 5.50. The molecule has 1 atom stereocenters. The molecule has 60 valence electrons. The third kappa shape index (κ3) is 4.58. The van der Waals surface area contributed by atoms with Gasteiger partial charge in [0.1, 0.15) is 5.38 Å². The van der Waals surface area contributed by atoms with Gasteiger partial charge in [-0.2, -0.15) is 0 Å². The standard InChI is InChI=1S/C6H11ClO3/c1-10-4-2-3-5(7)6(8)9/h5H,2-4H2,1H3,(H,8,9). The Morgan fingerprint density at radius 3 is 2.80 bits per heavy atom. The number of hydrogen-bond acceptors (Lipinski definition) is 2. The van der Waals surface area contributed by atoms with Gasteiger partial charge in [-0.1, -0.05) is 0 Å². The van der Waals surface area contributed by atoms with Gasteiger partial charge in [0.25, 0.3) is 0 Å². The number of hydrogen-bond donors (Lipinski definition) is 1. The van der Waals surface area contributed by atoms with Gasteiger partial charge in [-0.25, -0.2) is 0 Å². The Hall–Kier alpha value is -0.280. The molecule has 1 unspecified atom stereocenters.